The van der Waals surface area contributed by atoms with Crippen LogP contribution in [0.15, 0.2) is 24.3 Å². The number of hydrogen-bond donors (Lipinski definition) is 2. The maximum atomic E-state index is 12.1. The topological polar surface area (TPSA) is 66.4 Å². The number of aliphatic carboxylic acids is 1. The average molecular weight is 275 g/mol. The number of nitrogens with one attached hydrogen (secondary N) is 1. The van der Waals surface area contributed by atoms with Crippen LogP contribution in [0.5, 0.6) is 0 Å². The van der Waals surface area contributed by atoms with Crippen LogP contribution in [0.2, 0.25) is 0 Å². The summed E-state index contributed by atoms with van der Waals surface area (Å²) >= 11 is 0. The molecule has 2 atom stereocenters. The third-order valence-electron chi connectivity index (χ3n) is 3.80. The molecular formula is C16H21NO3. The van der Waals surface area contributed by atoms with Crippen LogP contribution in [0, 0.1) is 11.8 Å². The number of carbonyl (C=O) groups is 2. The summed E-state index contributed by atoms with van der Waals surface area (Å²) in [7, 11) is 0. The molecule has 2 N–H and O–H groups in total. The third kappa shape index (κ3) is 3.18. The summed E-state index contributed by atoms with van der Waals surface area (Å²) in [6.07, 6.45) is 1.33. The minimum Gasteiger partial charge on any atom is -0.481 e. The Morgan fingerprint density at radius 2 is 2.05 bits per heavy atom. The van der Waals surface area contributed by atoms with E-state index in [0.29, 0.717) is 12.3 Å². The summed E-state index contributed by atoms with van der Waals surface area (Å²) in [6.45, 7) is 4.19. The molecule has 0 aliphatic heterocycles. The number of hydrogen-bond acceptors (Lipinski definition) is 2. The molecule has 1 aromatic rings. The predicted molar refractivity (Wildman–Crippen MR) is 76.5 cm³/mol. The molecule has 2 unspecified atom stereocenters. The van der Waals surface area contributed by atoms with Crippen molar-refractivity contribution in [1.29, 1.82) is 0 Å². The van der Waals surface area contributed by atoms with Crippen molar-refractivity contribution in [2.24, 2.45) is 11.8 Å². The van der Waals surface area contributed by atoms with E-state index in [4.69, 9.17) is 5.11 Å². The first kappa shape index (κ1) is 14.6. The number of carbonyl (C=O) groups excluding carboxylic acids is 1. The van der Waals surface area contributed by atoms with Gasteiger partial charge in [-0.15, -0.1) is 0 Å². The zero-order valence-corrected chi connectivity index (χ0v) is 11.9. The van der Waals surface area contributed by atoms with Gasteiger partial charge in [0, 0.05) is 6.54 Å². The van der Waals surface area contributed by atoms with E-state index in [1.165, 1.54) is 5.56 Å². The fourth-order valence-corrected chi connectivity index (χ4v) is 2.68. The minimum absolute atomic E-state index is 0.0568. The van der Waals surface area contributed by atoms with E-state index in [1.807, 2.05) is 38.1 Å². The molecular weight excluding hydrogens is 254 g/mol. The second kappa shape index (κ2) is 6.07. The van der Waals surface area contributed by atoms with Crippen molar-refractivity contribution in [2.45, 2.75) is 32.6 Å². The van der Waals surface area contributed by atoms with Crippen molar-refractivity contribution in [3.05, 3.63) is 35.4 Å². The molecule has 0 bridgehead atoms. The summed E-state index contributed by atoms with van der Waals surface area (Å²) in [5.74, 6) is -1.21. The molecule has 0 heterocycles. The molecule has 1 aliphatic rings. The molecule has 4 nitrogen and oxygen atoms in total. The maximum absolute atomic E-state index is 12.1. The lowest BCUT2D eigenvalue weighted by Gasteiger charge is -2.29. The summed E-state index contributed by atoms with van der Waals surface area (Å²) in [5, 5.41) is 11.9. The Balaban J connectivity index is 1.88. The summed E-state index contributed by atoms with van der Waals surface area (Å²) < 4.78 is 0. The molecule has 2 rings (SSSR count). The SMILES string of the molecule is CC(C)CC(CNC(=O)C1Cc2ccccc21)C(=O)O. The zero-order valence-electron chi connectivity index (χ0n) is 11.9. The van der Waals surface area contributed by atoms with Crippen LogP contribution in [-0.2, 0) is 16.0 Å². The molecule has 0 spiro atoms. The molecule has 1 aromatic carbocycles. The first-order valence-corrected chi connectivity index (χ1v) is 7.07. The van der Waals surface area contributed by atoms with Crippen LogP contribution < -0.4 is 5.32 Å². The highest BCUT2D eigenvalue weighted by atomic mass is 16.4. The van der Waals surface area contributed by atoms with E-state index in [1.54, 1.807) is 0 Å². The van der Waals surface area contributed by atoms with Crippen molar-refractivity contribution >= 4 is 11.9 Å². The Hall–Kier alpha value is -1.84. The highest BCUT2D eigenvalue weighted by molar-refractivity contribution is 5.87. The van der Waals surface area contributed by atoms with Crippen LogP contribution in [0.1, 0.15) is 37.3 Å². The lowest BCUT2D eigenvalue weighted by molar-refractivity contribution is -0.142. The molecule has 4 heteroatoms. The number of benzene rings is 1. The average Bonchev–Trinajstić information content (AvgIpc) is 2.35. The van der Waals surface area contributed by atoms with E-state index in [9.17, 15) is 9.59 Å². The molecule has 1 amide bonds. The molecule has 0 saturated heterocycles. The van der Waals surface area contributed by atoms with Crippen LogP contribution >= 0.6 is 0 Å². The lowest BCUT2D eigenvalue weighted by atomic mass is 9.77. The van der Waals surface area contributed by atoms with E-state index in [-0.39, 0.29) is 18.4 Å². The van der Waals surface area contributed by atoms with Gasteiger partial charge in [-0.3, -0.25) is 9.59 Å². The minimum atomic E-state index is -0.840. The van der Waals surface area contributed by atoms with Crippen molar-refractivity contribution < 1.29 is 14.7 Å². The normalized spacial score (nSPS) is 18.1. The first-order valence-electron chi connectivity index (χ1n) is 7.07. The van der Waals surface area contributed by atoms with Crippen LogP contribution in [0.25, 0.3) is 0 Å². The Kier molecular flexibility index (Phi) is 4.42. The first-order chi connectivity index (χ1) is 9.49. The van der Waals surface area contributed by atoms with Crippen molar-refractivity contribution in [2.75, 3.05) is 6.54 Å². The van der Waals surface area contributed by atoms with Gasteiger partial charge in [0.05, 0.1) is 11.8 Å². The van der Waals surface area contributed by atoms with Crippen molar-refractivity contribution in [3.8, 4) is 0 Å². The van der Waals surface area contributed by atoms with Gasteiger partial charge in [0.2, 0.25) is 5.91 Å². The van der Waals surface area contributed by atoms with Gasteiger partial charge < -0.3 is 10.4 Å². The van der Waals surface area contributed by atoms with E-state index < -0.39 is 11.9 Å². The van der Waals surface area contributed by atoms with E-state index in [2.05, 4.69) is 5.32 Å². The highest BCUT2D eigenvalue weighted by Gasteiger charge is 2.32. The van der Waals surface area contributed by atoms with Crippen LogP contribution in [-0.4, -0.2) is 23.5 Å². The van der Waals surface area contributed by atoms with Gasteiger partial charge in [-0.2, -0.15) is 0 Å². The maximum Gasteiger partial charge on any atom is 0.308 e. The Labute approximate surface area is 119 Å². The molecule has 0 aromatic heterocycles. The summed E-state index contributed by atoms with van der Waals surface area (Å²) in [6, 6.07) is 7.89. The zero-order chi connectivity index (χ0) is 14.7. The molecule has 1 aliphatic carbocycles. The smallest absolute Gasteiger partial charge is 0.308 e. The Morgan fingerprint density at radius 3 is 2.65 bits per heavy atom. The molecule has 0 fully saturated rings. The second-order valence-electron chi connectivity index (χ2n) is 5.87. The van der Waals surface area contributed by atoms with Gasteiger partial charge in [0.15, 0.2) is 0 Å². The number of rotatable bonds is 6. The van der Waals surface area contributed by atoms with E-state index in [0.717, 1.165) is 12.0 Å². The third-order valence-corrected chi connectivity index (χ3v) is 3.80. The number of carboxylic acid groups (broad SMARTS) is 1. The van der Waals surface area contributed by atoms with Crippen molar-refractivity contribution in [3.63, 3.8) is 0 Å². The van der Waals surface area contributed by atoms with E-state index >= 15 is 0 Å². The van der Waals surface area contributed by atoms with Gasteiger partial charge in [-0.05, 0) is 29.9 Å². The largest absolute Gasteiger partial charge is 0.481 e. The predicted octanol–water partition coefficient (Wildman–Crippen LogP) is 2.19. The highest BCUT2D eigenvalue weighted by Crippen LogP contribution is 2.34. The van der Waals surface area contributed by atoms with Crippen LogP contribution in [0.3, 0.4) is 0 Å². The molecule has 0 radical (unpaired) electrons. The number of fused-ring (bicyclic) bond motifs is 1. The van der Waals surface area contributed by atoms with Crippen LogP contribution in [0.4, 0.5) is 0 Å². The second-order valence-corrected chi connectivity index (χ2v) is 5.87. The standard InChI is InChI=1S/C16H21NO3/c1-10(2)7-12(16(19)20)9-17-15(18)14-8-11-5-3-4-6-13(11)14/h3-6,10,12,14H,7-9H2,1-2H3,(H,17,18)(H,19,20). The Bertz CT molecular complexity index is 510. The van der Waals surface area contributed by atoms with Gasteiger partial charge >= 0.3 is 5.97 Å². The van der Waals surface area contributed by atoms with Gasteiger partial charge in [0.25, 0.3) is 0 Å². The molecule has 20 heavy (non-hydrogen) atoms. The molecule has 108 valence electrons. The number of amides is 1. The van der Waals surface area contributed by atoms with Crippen molar-refractivity contribution in [1.82, 2.24) is 5.32 Å². The summed E-state index contributed by atoms with van der Waals surface area (Å²) in [5.41, 5.74) is 2.28. The van der Waals surface area contributed by atoms with Gasteiger partial charge in [0.1, 0.15) is 0 Å². The van der Waals surface area contributed by atoms with Gasteiger partial charge in [-0.1, -0.05) is 38.1 Å². The fraction of sp³-hybridized carbons (Fsp3) is 0.500. The number of carboxylic acids is 1. The fourth-order valence-electron chi connectivity index (χ4n) is 2.68. The lowest BCUT2D eigenvalue weighted by Crippen LogP contribution is -2.39. The molecule has 0 saturated carbocycles. The summed E-state index contributed by atoms with van der Waals surface area (Å²) in [4.78, 5) is 23.2. The quantitative estimate of drug-likeness (QED) is 0.836. The monoisotopic (exact) mass is 275 g/mol. The van der Waals surface area contributed by atoms with Gasteiger partial charge in [-0.25, -0.2) is 0 Å². The Morgan fingerprint density at radius 1 is 1.35 bits per heavy atom.